The molecule has 0 unspecified atom stereocenters. The van der Waals surface area contributed by atoms with Gasteiger partial charge in [-0.1, -0.05) is 21.1 Å². The zero-order valence-electron chi connectivity index (χ0n) is 11.0. The van der Waals surface area contributed by atoms with E-state index in [9.17, 15) is 5.11 Å². The quantitative estimate of drug-likeness (QED) is 0.918. The second-order valence-electron chi connectivity index (χ2n) is 5.14. The molecule has 106 valence electrons. The van der Waals surface area contributed by atoms with E-state index >= 15 is 0 Å². The van der Waals surface area contributed by atoms with Crippen molar-refractivity contribution < 1.29 is 5.11 Å². The van der Waals surface area contributed by atoms with Gasteiger partial charge in [-0.2, -0.15) is 0 Å². The van der Waals surface area contributed by atoms with Gasteiger partial charge in [-0.25, -0.2) is 9.67 Å². The van der Waals surface area contributed by atoms with E-state index in [0.717, 1.165) is 23.4 Å². The molecule has 0 amide bonds. The molecule has 0 radical (unpaired) electrons. The van der Waals surface area contributed by atoms with Crippen molar-refractivity contribution in [2.75, 3.05) is 18.0 Å². The lowest BCUT2D eigenvalue weighted by atomic mass is 9.91. The minimum atomic E-state index is -0.712. The molecule has 3 heterocycles. The van der Waals surface area contributed by atoms with Crippen LogP contribution in [0.1, 0.15) is 12.8 Å². The SMILES string of the molecule is OC1(Cn2ccnn2)CCN(c2cc(Br)ccn2)CC1. The number of anilines is 1. The number of piperidine rings is 1. The molecule has 2 aromatic heterocycles. The molecule has 6 nitrogen and oxygen atoms in total. The number of hydrogen-bond donors (Lipinski definition) is 1. The van der Waals surface area contributed by atoms with Gasteiger partial charge in [0.1, 0.15) is 5.82 Å². The van der Waals surface area contributed by atoms with Gasteiger partial charge in [-0.3, -0.25) is 0 Å². The monoisotopic (exact) mass is 337 g/mol. The van der Waals surface area contributed by atoms with Crippen molar-refractivity contribution in [1.29, 1.82) is 0 Å². The summed E-state index contributed by atoms with van der Waals surface area (Å²) in [6.45, 7) is 2.07. The highest BCUT2D eigenvalue weighted by Crippen LogP contribution is 2.27. The summed E-state index contributed by atoms with van der Waals surface area (Å²) in [4.78, 5) is 6.57. The second kappa shape index (κ2) is 5.49. The van der Waals surface area contributed by atoms with Crippen LogP contribution in [-0.4, -0.2) is 43.8 Å². The van der Waals surface area contributed by atoms with Crippen LogP contribution in [0.5, 0.6) is 0 Å². The van der Waals surface area contributed by atoms with E-state index in [1.165, 1.54) is 0 Å². The Morgan fingerprint density at radius 3 is 2.75 bits per heavy atom. The molecular formula is C13H16BrN5O. The molecule has 0 aliphatic carbocycles. The molecule has 0 spiro atoms. The van der Waals surface area contributed by atoms with Crippen LogP contribution in [0, 0.1) is 0 Å². The first-order valence-corrected chi connectivity index (χ1v) is 7.37. The summed E-state index contributed by atoms with van der Waals surface area (Å²) >= 11 is 3.46. The topological polar surface area (TPSA) is 67.1 Å². The average Bonchev–Trinajstić information content (AvgIpc) is 2.92. The first-order chi connectivity index (χ1) is 9.65. The fraction of sp³-hybridized carbons (Fsp3) is 0.462. The molecule has 7 heteroatoms. The number of hydrogen-bond acceptors (Lipinski definition) is 5. The number of halogens is 1. The molecule has 1 saturated heterocycles. The maximum Gasteiger partial charge on any atom is 0.129 e. The maximum absolute atomic E-state index is 10.6. The van der Waals surface area contributed by atoms with Crippen LogP contribution in [0.3, 0.4) is 0 Å². The standard InChI is InChI=1S/C13H16BrN5O/c14-11-1-4-15-12(9-11)18-6-2-13(20,3-7-18)10-19-8-5-16-17-19/h1,4-5,8-9,20H,2-3,6-7,10H2. The summed E-state index contributed by atoms with van der Waals surface area (Å²) in [6.07, 6.45) is 6.59. The molecule has 0 saturated carbocycles. The Kier molecular flexibility index (Phi) is 3.71. The van der Waals surface area contributed by atoms with Crippen LogP contribution >= 0.6 is 15.9 Å². The van der Waals surface area contributed by atoms with Gasteiger partial charge >= 0.3 is 0 Å². The van der Waals surface area contributed by atoms with Crippen molar-refractivity contribution in [3.63, 3.8) is 0 Å². The molecule has 1 N–H and O–H groups in total. The second-order valence-corrected chi connectivity index (χ2v) is 6.06. The third kappa shape index (κ3) is 2.99. The van der Waals surface area contributed by atoms with Crippen LogP contribution in [0.15, 0.2) is 35.2 Å². The molecule has 1 fully saturated rings. The van der Waals surface area contributed by atoms with Crippen molar-refractivity contribution in [1.82, 2.24) is 20.0 Å². The van der Waals surface area contributed by atoms with Gasteiger partial charge in [0.2, 0.25) is 0 Å². The number of nitrogens with zero attached hydrogens (tertiary/aromatic N) is 5. The van der Waals surface area contributed by atoms with Gasteiger partial charge in [-0.05, 0) is 25.0 Å². The molecule has 3 rings (SSSR count). The van der Waals surface area contributed by atoms with Gasteiger partial charge in [0, 0.05) is 30.0 Å². The Morgan fingerprint density at radius 1 is 1.30 bits per heavy atom. The van der Waals surface area contributed by atoms with E-state index in [2.05, 4.69) is 36.1 Å². The lowest BCUT2D eigenvalue weighted by Gasteiger charge is -2.38. The van der Waals surface area contributed by atoms with Crippen molar-refractivity contribution in [3.05, 3.63) is 35.2 Å². The zero-order chi connectivity index (χ0) is 14.0. The molecule has 1 aliphatic rings. The third-order valence-corrected chi connectivity index (χ3v) is 4.15. The number of aliphatic hydroxyl groups is 1. The summed E-state index contributed by atoms with van der Waals surface area (Å²) in [5.41, 5.74) is -0.712. The van der Waals surface area contributed by atoms with Crippen LogP contribution in [0.4, 0.5) is 5.82 Å². The van der Waals surface area contributed by atoms with Gasteiger partial charge in [0.05, 0.1) is 18.3 Å². The highest BCUT2D eigenvalue weighted by Gasteiger charge is 2.33. The van der Waals surface area contributed by atoms with Crippen molar-refractivity contribution in [2.24, 2.45) is 0 Å². The Balaban J connectivity index is 1.64. The van der Waals surface area contributed by atoms with Crippen molar-refractivity contribution >= 4 is 21.7 Å². The average molecular weight is 338 g/mol. The third-order valence-electron chi connectivity index (χ3n) is 3.65. The molecule has 0 bridgehead atoms. The number of rotatable bonds is 3. The fourth-order valence-electron chi connectivity index (χ4n) is 2.50. The zero-order valence-corrected chi connectivity index (χ0v) is 12.6. The maximum atomic E-state index is 10.6. The van der Waals surface area contributed by atoms with Gasteiger partial charge in [0.25, 0.3) is 0 Å². The molecule has 2 aromatic rings. The highest BCUT2D eigenvalue weighted by molar-refractivity contribution is 9.10. The Bertz CT molecular complexity index is 566. The minimum Gasteiger partial charge on any atom is -0.388 e. The summed E-state index contributed by atoms with van der Waals surface area (Å²) in [5.74, 6) is 0.946. The van der Waals surface area contributed by atoms with Crippen LogP contribution in [0.2, 0.25) is 0 Å². The van der Waals surface area contributed by atoms with Crippen LogP contribution in [-0.2, 0) is 6.54 Å². The van der Waals surface area contributed by atoms with E-state index in [-0.39, 0.29) is 0 Å². The normalized spacial score (nSPS) is 18.2. The van der Waals surface area contributed by atoms with Gasteiger partial charge in [-0.15, -0.1) is 5.10 Å². The molecule has 0 aromatic carbocycles. The van der Waals surface area contributed by atoms with E-state index < -0.39 is 5.60 Å². The predicted octanol–water partition coefficient (Wildman–Crippen LogP) is 1.47. The van der Waals surface area contributed by atoms with Crippen molar-refractivity contribution in [3.8, 4) is 0 Å². The Morgan fingerprint density at radius 2 is 2.10 bits per heavy atom. The van der Waals surface area contributed by atoms with E-state index in [1.54, 1.807) is 23.3 Å². The van der Waals surface area contributed by atoms with Gasteiger partial charge < -0.3 is 10.0 Å². The van der Waals surface area contributed by atoms with Crippen molar-refractivity contribution in [2.45, 2.75) is 25.0 Å². The first kappa shape index (κ1) is 13.5. The van der Waals surface area contributed by atoms with E-state index in [4.69, 9.17) is 0 Å². The van der Waals surface area contributed by atoms with E-state index in [0.29, 0.717) is 19.4 Å². The first-order valence-electron chi connectivity index (χ1n) is 6.58. The molecular weight excluding hydrogens is 322 g/mol. The predicted molar refractivity (Wildman–Crippen MR) is 78.4 cm³/mol. The Labute approximate surface area is 125 Å². The van der Waals surface area contributed by atoms with Gasteiger partial charge in [0.15, 0.2) is 0 Å². The smallest absolute Gasteiger partial charge is 0.129 e. The summed E-state index contributed by atoms with van der Waals surface area (Å²) in [6, 6.07) is 3.91. The lowest BCUT2D eigenvalue weighted by molar-refractivity contribution is -0.00355. The summed E-state index contributed by atoms with van der Waals surface area (Å²) < 4.78 is 2.71. The minimum absolute atomic E-state index is 0.493. The molecule has 0 atom stereocenters. The highest BCUT2D eigenvalue weighted by atomic mass is 79.9. The number of pyridine rings is 1. The van der Waals surface area contributed by atoms with E-state index in [1.807, 2.05) is 12.1 Å². The molecule has 20 heavy (non-hydrogen) atoms. The summed E-state index contributed by atoms with van der Waals surface area (Å²) in [7, 11) is 0. The van der Waals surface area contributed by atoms with Crippen LogP contribution in [0.25, 0.3) is 0 Å². The molecule has 1 aliphatic heterocycles. The van der Waals surface area contributed by atoms with Crippen LogP contribution < -0.4 is 4.90 Å². The lowest BCUT2D eigenvalue weighted by Crippen LogP contribution is -2.47. The largest absolute Gasteiger partial charge is 0.388 e. The fourth-order valence-corrected chi connectivity index (χ4v) is 2.82. The number of aromatic nitrogens is 4. The Hall–Kier alpha value is -1.47. The summed E-state index contributed by atoms with van der Waals surface area (Å²) in [5, 5.41) is 18.3.